The molecular weight excluding hydrogens is 349 g/mol. The van der Waals surface area contributed by atoms with Gasteiger partial charge >= 0.3 is 0 Å². The maximum absolute atomic E-state index is 12.4. The van der Waals surface area contributed by atoms with Crippen LogP contribution in [0.25, 0.3) is 0 Å². The zero-order valence-corrected chi connectivity index (χ0v) is 16.0. The lowest BCUT2D eigenvalue weighted by Gasteiger charge is -2.32. The normalized spacial score (nSPS) is 12.0. The second-order valence-electron chi connectivity index (χ2n) is 5.75. The molecule has 4 N–H and O–H groups in total. The molecule has 1 rings (SSSR count). The molecule has 7 heteroatoms. The number of nitrogens with one attached hydrogen (secondary N) is 2. The van der Waals surface area contributed by atoms with Crippen LogP contribution in [-0.2, 0) is 9.59 Å². The van der Waals surface area contributed by atoms with Crippen molar-refractivity contribution in [2.45, 2.75) is 51.6 Å². The third-order valence-electron chi connectivity index (χ3n) is 4.19. The molecule has 5 nitrogen and oxygen atoms in total. The first-order chi connectivity index (χ1) is 10.9. The summed E-state index contributed by atoms with van der Waals surface area (Å²) in [4.78, 5) is 23.9. The van der Waals surface area contributed by atoms with E-state index in [0.717, 1.165) is 18.4 Å². The third kappa shape index (κ3) is 6.67. The van der Waals surface area contributed by atoms with Gasteiger partial charge in [-0.1, -0.05) is 37.6 Å². The SMILES string of the molecule is CCC(CC)(CN)NC(=O)CC(NC(C)=O)c1ccc(Cl)cc1.Cl. The Morgan fingerprint density at radius 1 is 1.21 bits per heavy atom. The molecule has 136 valence electrons. The fourth-order valence-corrected chi connectivity index (χ4v) is 2.62. The Bertz CT molecular complexity index is 523. The van der Waals surface area contributed by atoms with E-state index in [1.807, 2.05) is 26.0 Å². The standard InChI is InChI=1S/C17H26ClN3O2.ClH/c1-4-17(5-2,11-19)21-16(23)10-15(20-12(3)22)13-6-8-14(18)9-7-13;/h6-9,15H,4-5,10-11,19H2,1-3H3,(H,20,22)(H,21,23);1H. The van der Waals surface area contributed by atoms with Gasteiger partial charge in [0.25, 0.3) is 0 Å². The number of halogens is 2. The van der Waals surface area contributed by atoms with Crippen LogP contribution in [0.2, 0.25) is 5.02 Å². The summed E-state index contributed by atoms with van der Waals surface area (Å²) in [7, 11) is 0. The van der Waals surface area contributed by atoms with Crippen LogP contribution in [0.4, 0.5) is 0 Å². The average Bonchev–Trinajstić information content (AvgIpc) is 2.52. The average molecular weight is 376 g/mol. The van der Waals surface area contributed by atoms with E-state index in [1.54, 1.807) is 12.1 Å². The number of rotatable bonds is 8. The molecule has 0 aromatic heterocycles. The molecule has 0 heterocycles. The zero-order chi connectivity index (χ0) is 17.5. The minimum absolute atomic E-state index is 0. The van der Waals surface area contributed by atoms with Gasteiger partial charge < -0.3 is 16.4 Å². The molecule has 0 saturated carbocycles. The van der Waals surface area contributed by atoms with E-state index >= 15 is 0 Å². The van der Waals surface area contributed by atoms with Gasteiger partial charge in [-0.05, 0) is 30.5 Å². The Balaban J connectivity index is 0.00000529. The van der Waals surface area contributed by atoms with E-state index in [0.29, 0.717) is 11.6 Å². The molecule has 1 unspecified atom stereocenters. The molecule has 0 saturated heterocycles. The van der Waals surface area contributed by atoms with Crippen molar-refractivity contribution in [3.8, 4) is 0 Å². The summed E-state index contributed by atoms with van der Waals surface area (Å²) in [5.41, 5.74) is 6.27. The van der Waals surface area contributed by atoms with Crippen molar-refractivity contribution in [1.29, 1.82) is 0 Å². The minimum Gasteiger partial charge on any atom is -0.349 e. The van der Waals surface area contributed by atoms with Crippen LogP contribution < -0.4 is 16.4 Å². The Hall–Kier alpha value is -1.30. The molecule has 24 heavy (non-hydrogen) atoms. The number of carbonyl (C=O) groups is 2. The van der Waals surface area contributed by atoms with Gasteiger partial charge in [0, 0.05) is 18.5 Å². The smallest absolute Gasteiger partial charge is 0.222 e. The highest BCUT2D eigenvalue weighted by atomic mass is 35.5. The number of benzene rings is 1. The predicted octanol–water partition coefficient (Wildman–Crippen LogP) is 2.96. The summed E-state index contributed by atoms with van der Waals surface area (Å²) in [6.07, 6.45) is 1.68. The van der Waals surface area contributed by atoms with Crippen LogP contribution in [0.15, 0.2) is 24.3 Å². The lowest BCUT2D eigenvalue weighted by molar-refractivity contribution is -0.124. The number of hydrogen-bond acceptors (Lipinski definition) is 3. The highest BCUT2D eigenvalue weighted by Crippen LogP contribution is 2.21. The lowest BCUT2D eigenvalue weighted by atomic mass is 9.92. The van der Waals surface area contributed by atoms with Crippen molar-refractivity contribution in [3.63, 3.8) is 0 Å². The fraction of sp³-hybridized carbons (Fsp3) is 0.529. The Morgan fingerprint density at radius 3 is 2.17 bits per heavy atom. The second-order valence-corrected chi connectivity index (χ2v) is 6.18. The van der Waals surface area contributed by atoms with Crippen molar-refractivity contribution in [1.82, 2.24) is 10.6 Å². The molecule has 1 aromatic rings. The molecule has 0 aliphatic rings. The predicted molar refractivity (Wildman–Crippen MR) is 100 cm³/mol. The largest absolute Gasteiger partial charge is 0.349 e. The van der Waals surface area contributed by atoms with Crippen molar-refractivity contribution >= 4 is 35.8 Å². The molecule has 0 fully saturated rings. The van der Waals surface area contributed by atoms with E-state index in [4.69, 9.17) is 17.3 Å². The Labute approximate surface area is 155 Å². The van der Waals surface area contributed by atoms with Gasteiger partial charge in [0.05, 0.1) is 18.0 Å². The summed E-state index contributed by atoms with van der Waals surface area (Å²) in [6, 6.07) is 6.71. The summed E-state index contributed by atoms with van der Waals surface area (Å²) < 4.78 is 0. The zero-order valence-electron chi connectivity index (χ0n) is 14.4. The van der Waals surface area contributed by atoms with Gasteiger partial charge in [-0.15, -0.1) is 12.4 Å². The fourth-order valence-electron chi connectivity index (χ4n) is 2.49. The Morgan fingerprint density at radius 2 is 1.75 bits per heavy atom. The Kier molecular flexibility index (Phi) is 9.97. The summed E-state index contributed by atoms with van der Waals surface area (Å²) in [5.74, 6) is -0.318. The van der Waals surface area contributed by atoms with E-state index in [1.165, 1.54) is 6.92 Å². The topological polar surface area (TPSA) is 84.2 Å². The summed E-state index contributed by atoms with van der Waals surface area (Å²) in [6.45, 7) is 5.82. The van der Waals surface area contributed by atoms with E-state index < -0.39 is 11.6 Å². The highest BCUT2D eigenvalue weighted by Gasteiger charge is 2.27. The molecule has 1 aromatic carbocycles. The van der Waals surface area contributed by atoms with Gasteiger partial charge in [-0.25, -0.2) is 0 Å². The van der Waals surface area contributed by atoms with E-state index in [9.17, 15) is 9.59 Å². The monoisotopic (exact) mass is 375 g/mol. The van der Waals surface area contributed by atoms with E-state index in [-0.39, 0.29) is 30.6 Å². The second kappa shape index (κ2) is 10.5. The molecule has 0 bridgehead atoms. The van der Waals surface area contributed by atoms with Gasteiger partial charge in [0.15, 0.2) is 0 Å². The molecule has 0 radical (unpaired) electrons. The van der Waals surface area contributed by atoms with Gasteiger partial charge in [0.2, 0.25) is 11.8 Å². The maximum Gasteiger partial charge on any atom is 0.222 e. The van der Waals surface area contributed by atoms with Crippen LogP contribution in [0.1, 0.15) is 51.6 Å². The van der Waals surface area contributed by atoms with E-state index in [2.05, 4.69) is 10.6 Å². The van der Waals surface area contributed by atoms with Crippen LogP contribution in [0, 0.1) is 0 Å². The molecule has 0 aliphatic heterocycles. The minimum atomic E-state index is -0.394. The third-order valence-corrected chi connectivity index (χ3v) is 4.44. The molecular formula is C17H27Cl2N3O2. The van der Waals surface area contributed by atoms with Gasteiger partial charge in [-0.3, -0.25) is 9.59 Å². The number of carbonyl (C=O) groups excluding carboxylic acids is 2. The van der Waals surface area contributed by atoms with Crippen LogP contribution in [-0.4, -0.2) is 23.9 Å². The number of amides is 2. The lowest BCUT2D eigenvalue weighted by Crippen LogP contribution is -2.53. The quantitative estimate of drug-likeness (QED) is 0.652. The van der Waals surface area contributed by atoms with Crippen molar-refractivity contribution in [2.75, 3.05) is 6.54 Å². The van der Waals surface area contributed by atoms with Crippen molar-refractivity contribution < 1.29 is 9.59 Å². The van der Waals surface area contributed by atoms with Crippen LogP contribution in [0.3, 0.4) is 0 Å². The molecule has 0 spiro atoms. The summed E-state index contributed by atoms with van der Waals surface area (Å²) in [5, 5.41) is 6.45. The first-order valence-electron chi connectivity index (χ1n) is 7.89. The van der Waals surface area contributed by atoms with Crippen LogP contribution in [0.5, 0.6) is 0 Å². The first kappa shape index (κ1) is 22.7. The highest BCUT2D eigenvalue weighted by molar-refractivity contribution is 6.30. The molecule has 2 amide bonds. The summed E-state index contributed by atoms with van der Waals surface area (Å²) >= 11 is 5.89. The maximum atomic E-state index is 12.4. The van der Waals surface area contributed by atoms with Crippen LogP contribution >= 0.6 is 24.0 Å². The van der Waals surface area contributed by atoms with Crippen molar-refractivity contribution in [2.24, 2.45) is 5.73 Å². The van der Waals surface area contributed by atoms with Gasteiger partial charge in [0.1, 0.15) is 0 Å². The van der Waals surface area contributed by atoms with Gasteiger partial charge in [-0.2, -0.15) is 0 Å². The number of hydrogen-bond donors (Lipinski definition) is 3. The van der Waals surface area contributed by atoms with Crippen molar-refractivity contribution in [3.05, 3.63) is 34.9 Å². The number of nitrogens with two attached hydrogens (primary N) is 1. The molecule has 1 atom stereocenters. The molecule has 0 aliphatic carbocycles. The first-order valence-corrected chi connectivity index (χ1v) is 8.27.